The Kier molecular flexibility index (Phi) is 6.77. The van der Waals surface area contributed by atoms with E-state index in [1.807, 2.05) is 26.0 Å². The number of amides is 1. The number of carbonyl (C=O) groups is 1. The second-order valence-corrected chi connectivity index (χ2v) is 8.09. The number of ether oxygens (including phenoxy) is 1. The van der Waals surface area contributed by atoms with E-state index in [9.17, 15) is 28.1 Å². The van der Waals surface area contributed by atoms with Crippen molar-refractivity contribution in [2.24, 2.45) is 0 Å². The first-order valence-electron chi connectivity index (χ1n) is 9.49. The van der Waals surface area contributed by atoms with Crippen LogP contribution >= 0.6 is 15.9 Å². The van der Waals surface area contributed by atoms with Gasteiger partial charge < -0.3 is 10.1 Å². The molecule has 0 radical (unpaired) electrons. The van der Waals surface area contributed by atoms with E-state index in [2.05, 4.69) is 26.3 Å². The Morgan fingerprint density at radius 2 is 1.91 bits per heavy atom. The number of nitro groups is 1. The number of nitrogens with zero attached hydrogens (tertiary/aromatic N) is 3. The number of hydrogen-bond donors (Lipinski definition) is 1. The minimum Gasteiger partial charge on any atom is -0.457 e. The average Bonchev–Trinajstić information content (AvgIpc) is 2.99. The largest absolute Gasteiger partial charge is 0.457 e. The van der Waals surface area contributed by atoms with E-state index >= 15 is 0 Å². The number of non-ortho nitro benzene ring substituents is 1. The lowest BCUT2D eigenvalue weighted by Crippen LogP contribution is -2.21. The second-order valence-electron chi connectivity index (χ2n) is 7.30. The van der Waals surface area contributed by atoms with E-state index < -0.39 is 29.2 Å². The Balaban J connectivity index is 1.85. The summed E-state index contributed by atoms with van der Waals surface area (Å²) in [5.74, 6) is -0.116. The third-order valence-corrected chi connectivity index (χ3v) is 5.60. The first-order valence-corrected chi connectivity index (χ1v) is 10.3. The zero-order chi connectivity index (χ0) is 24.5. The molecule has 1 N–H and O–H groups in total. The molecule has 174 valence electrons. The summed E-state index contributed by atoms with van der Waals surface area (Å²) < 4.78 is 45.5. The van der Waals surface area contributed by atoms with Gasteiger partial charge in [-0.2, -0.15) is 18.3 Å². The van der Waals surface area contributed by atoms with Crippen LogP contribution in [0.1, 0.15) is 22.5 Å². The van der Waals surface area contributed by atoms with Crippen LogP contribution in [0.4, 0.5) is 24.5 Å². The van der Waals surface area contributed by atoms with Crippen molar-refractivity contribution in [3.05, 3.63) is 73.5 Å². The number of aromatic nitrogens is 2. The van der Waals surface area contributed by atoms with E-state index in [-0.39, 0.29) is 27.3 Å². The van der Waals surface area contributed by atoms with Crippen molar-refractivity contribution in [2.45, 2.75) is 33.5 Å². The molecule has 8 nitrogen and oxygen atoms in total. The molecule has 0 spiro atoms. The summed E-state index contributed by atoms with van der Waals surface area (Å²) in [6.07, 6.45) is -4.69. The van der Waals surface area contributed by atoms with Gasteiger partial charge in [0, 0.05) is 12.1 Å². The maximum absolute atomic E-state index is 13.0. The van der Waals surface area contributed by atoms with Gasteiger partial charge in [0.1, 0.15) is 18.0 Å². The molecule has 0 aliphatic carbocycles. The lowest BCUT2D eigenvalue weighted by Gasteiger charge is -2.12. The highest BCUT2D eigenvalue weighted by molar-refractivity contribution is 9.10. The van der Waals surface area contributed by atoms with Crippen LogP contribution in [0.25, 0.3) is 0 Å². The normalized spacial score (nSPS) is 11.4. The molecule has 0 fully saturated rings. The molecule has 0 saturated carbocycles. The maximum Gasteiger partial charge on any atom is 0.436 e. The maximum atomic E-state index is 13.0. The Morgan fingerprint density at radius 1 is 1.21 bits per heavy atom. The third-order valence-electron chi connectivity index (χ3n) is 4.65. The van der Waals surface area contributed by atoms with E-state index in [1.165, 1.54) is 19.1 Å². The van der Waals surface area contributed by atoms with Gasteiger partial charge in [-0.25, -0.2) is 0 Å². The Bertz CT molecular complexity index is 1240. The zero-order valence-corrected chi connectivity index (χ0v) is 19.2. The van der Waals surface area contributed by atoms with Gasteiger partial charge >= 0.3 is 6.18 Å². The predicted molar refractivity (Wildman–Crippen MR) is 117 cm³/mol. The summed E-state index contributed by atoms with van der Waals surface area (Å²) in [6.45, 7) is 4.53. The van der Waals surface area contributed by atoms with Gasteiger partial charge in [0.05, 0.1) is 26.8 Å². The molecular formula is C21H18BrF3N4O4. The zero-order valence-electron chi connectivity index (χ0n) is 17.7. The third kappa shape index (κ3) is 5.69. The Hall–Kier alpha value is -3.41. The standard InChI is InChI=1S/C21H18BrF3N4O4/c1-11-4-5-12(2)17(6-11)33-16-8-14(7-15(9-16)29(31)32)26-18(30)10-28-13(3)19(22)20(27-28)21(23,24)25/h4-9H,10H2,1-3H3,(H,26,30). The van der Waals surface area contributed by atoms with Crippen LogP contribution in [0.5, 0.6) is 11.5 Å². The van der Waals surface area contributed by atoms with E-state index in [4.69, 9.17) is 4.74 Å². The first-order chi connectivity index (χ1) is 15.3. The van der Waals surface area contributed by atoms with Crippen LogP contribution in [0.3, 0.4) is 0 Å². The van der Waals surface area contributed by atoms with Crippen LogP contribution in [-0.2, 0) is 17.5 Å². The number of halogens is 4. The number of nitro benzene ring substituents is 1. The van der Waals surface area contributed by atoms with Gasteiger partial charge in [-0.1, -0.05) is 12.1 Å². The van der Waals surface area contributed by atoms with E-state index in [0.29, 0.717) is 5.75 Å². The number of carbonyl (C=O) groups excluding carboxylic acids is 1. The highest BCUT2D eigenvalue weighted by Crippen LogP contribution is 2.36. The van der Waals surface area contributed by atoms with Crippen molar-refractivity contribution in [2.75, 3.05) is 5.32 Å². The second kappa shape index (κ2) is 9.22. The minimum absolute atomic E-state index is 0.0504. The fourth-order valence-electron chi connectivity index (χ4n) is 2.96. The molecule has 0 saturated heterocycles. The molecule has 1 amide bonds. The van der Waals surface area contributed by atoms with Crippen molar-refractivity contribution >= 4 is 33.2 Å². The van der Waals surface area contributed by atoms with Crippen molar-refractivity contribution in [3.63, 3.8) is 0 Å². The molecular weight excluding hydrogens is 509 g/mol. The fraction of sp³-hybridized carbons (Fsp3) is 0.238. The molecule has 0 unspecified atom stereocenters. The van der Waals surface area contributed by atoms with Crippen LogP contribution in [-0.4, -0.2) is 20.6 Å². The summed E-state index contributed by atoms with van der Waals surface area (Å²) in [7, 11) is 0. The van der Waals surface area contributed by atoms with Gasteiger partial charge in [-0.15, -0.1) is 0 Å². The van der Waals surface area contributed by atoms with Gasteiger partial charge in [-0.3, -0.25) is 19.6 Å². The van der Waals surface area contributed by atoms with E-state index in [0.717, 1.165) is 21.9 Å². The van der Waals surface area contributed by atoms with Gasteiger partial charge in [0.15, 0.2) is 5.69 Å². The molecule has 2 aromatic carbocycles. The van der Waals surface area contributed by atoms with Crippen molar-refractivity contribution in [1.82, 2.24) is 9.78 Å². The first kappa shape index (κ1) is 24.2. The summed E-state index contributed by atoms with van der Waals surface area (Å²) in [4.78, 5) is 23.2. The van der Waals surface area contributed by atoms with Crippen LogP contribution in [0.2, 0.25) is 0 Å². The highest BCUT2D eigenvalue weighted by Gasteiger charge is 2.38. The highest BCUT2D eigenvalue weighted by atomic mass is 79.9. The molecule has 1 aromatic heterocycles. The molecule has 0 aliphatic rings. The summed E-state index contributed by atoms with van der Waals surface area (Å²) in [6, 6.07) is 9.22. The Labute approximate surface area is 194 Å². The molecule has 3 rings (SSSR count). The molecule has 12 heteroatoms. The summed E-state index contributed by atoms with van der Waals surface area (Å²) in [5, 5.41) is 17.2. The molecule has 33 heavy (non-hydrogen) atoms. The van der Waals surface area contributed by atoms with Crippen molar-refractivity contribution < 1.29 is 27.6 Å². The minimum atomic E-state index is -4.69. The van der Waals surface area contributed by atoms with Crippen LogP contribution in [0.15, 0.2) is 40.9 Å². The lowest BCUT2D eigenvalue weighted by atomic mass is 10.1. The number of alkyl halides is 3. The molecule has 3 aromatic rings. The van der Waals surface area contributed by atoms with Gasteiger partial charge in [0.25, 0.3) is 5.69 Å². The quantitative estimate of drug-likeness (QED) is 0.317. The SMILES string of the molecule is Cc1ccc(C)c(Oc2cc(NC(=O)Cn3nc(C(F)(F)F)c(Br)c3C)cc([N+](=O)[O-])c2)c1. The number of rotatable bonds is 6. The van der Waals surface area contributed by atoms with Crippen LogP contribution < -0.4 is 10.1 Å². The monoisotopic (exact) mass is 526 g/mol. The smallest absolute Gasteiger partial charge is 0.436 e. The lowest BCUT2D eigenvalue weighted by molar-refractivity contribution is -0.384. The van der Waals surface area contributed by atoms with Crippen molar-refractivity contribution in [3.8, 4) is 11.5 Å². The Morgan fingerprint density at radius 3 is 2.52 bits per heavy atom. The van der Waals surface area contributed by atoms with Crippen molar-refractivity contribution in [1.29, 1.82) is 0 Å². The summed E-state index contributed by atoms with van der Waals surface area (Å²) in [5.41, 5.74) is 0.411. The molecule has 0 atom stereocenters. The van der Waals surface area contributed by atoms with E-state index in [1.54, 1.807) is 6.07 Å². The molecule has 1 heterocycles. The molecule has 0 aliphatic heterocycles. The summed E-state index contributed by atoms with van der Waals surface area (Å²) >= 11 is 2.84. The molecule has 0 bridgehead atoms. The topological polar surface area (TPSA) is 99.3 Å². The van der Waals surface area contributed by atoms with Gasteiger partial charge in [-0.05, 0) is 53.9 Å². The van der Waals surface area contributed by atoms with Gasteiger partial charge in [0.2, 0.25) is 5.91 Å². The number of anilines is 1. The number of nitrogens with one attached hydrogen (secondary N) is 1. The average molecular weight is 527 g/mol. The van der Waals surface area contributed by atoms with Crippen LogP contribution in [0, 0.1) is 30.9 Å². The predicted octanol–water partition coefficient (Wildman–Crippen LogP) is 5.93. The number of hydrogen-bond acceptors (Lipinski definition) is 5. The number of aryl methyl sites for hydroxylation is 2. The fourth-order valence-corrected chi connectivity index (χ4v) is 3.47. The number of benzene rings is 2.